The van der Waals surface area contributed by atoms with Crippen LogP contribution in [0.1, 0.15) is 37.4 Å². The zero-order valence-corrected chi connectivity index (χ0v) is 12.2. The molecule has 0 saturated carbocycles. The van der Waals surface area contributed by atoms with Gasteiger partial charge in [-0.15, -0.1) is 0 Å². The molecule has 0 radical (unpaired) electrons. The lowest BCUT2D eigenvalue weighted by atomic mass is 9.98. The van der Waals surface area contributed by atoms with Crippen LogP contribution in [-0.2, 0) is 14.3 Å². The van der Waals surface area contributed by atoms with Crippen LogP contribution in [0.3, 0.4) is 0 Å². The highest BCUT2D eigenvalue weighted by molar-refractivity contribution is 5.82. The van der Waals surface area contributed by atoms with Crippen molar-refractivity contribution in [1.82, 2.24) is 5.32 Å². The molecule has 5 nitrogen and oxygen atoms in total. The molecule has 0 bridgehead atoms. The molecule has 20 heavy (non-hydrogen) atoms. The summed E-state index contributed by atoms with van der Waals surface area (Å²) < 4.78 is 4.95. The number of benzene rings is 1. The minimum Gasteiger partial charge on any atom is -0.466 e. The van der Waals surface area contributed by atoms with Crippen molar-refractivity contribution in [2.45, 2.75) is 39.3 Å². The number of nitrogens with two attached hydrogens (primary N) is 1. The van der Waals surface area contributed by atoms with E-state index < -0.39 is 12.1 Å². The molecule has 0 spiro atoms. The van der Waals surface area contributed by atoms with Crippen molar-refractivity contribution in [2.24, 2.45) is 5.73 Å². The lowest BCUT2D eigenvalue weighted by Gasteiger charge is -2.21. The Hall–Kier alpha value is -1.88. The van der Waals surface area contributed by atoms with Crippen LogP contribution in [0, 0.1) is 6.92 Å². The molecule has 0 aliphatic carbocycles. The van der Waals surface area contributed by atoms with Crippen molar-refractivity contribution in [3.8, 4) is 0 Å². The van der Waals surface area contributed by atoms with Crippen LogP contribution in [0.25, 0.3) is 0 Å². The number of carbonyl (C=O) groups is 2. The highest BCUT2D eigenvalue weighted by Crippen LogP contribution is 2.21. The van der Waals surface area contributed by atoms with Gasteiger partial charge < -0.3 is 15.8 Å². The van der Waals surface area contributed by atoms with E-state index in [0.29, 0.717) is 6.61 Å². The molecule has 110 valence electrons. The normalized spacial score (nSPS) is 13.4. The molecule has 1 rings (SSSR count). The second-order valence-electron chi connectivity index (χ2n) is 4.72. The molecule has 0 saturated heterocycles. The van der Waals surface area contributed by atoms with E-state index in [-0.39, 0.29) is 18.3 Å². The predicted octanol–water partition coefficient (Wildman–Crippen LogP) is 1.45. The van der Waals surface area contributed by atoms with Gasteiger partial charge in [-0.25, -0.2) is 0 Å². The van der Waals surface area contributed by atoms with Crippen LogP contribution in [0.2, 0.25) is 0 Å². The summed E-state index contributed by atoms with van der Waals surface area (Å²) in [6.45, 7) is 5.61. The second-order valence-corrected chi connectivity index (χ2v) is 4.72. The lowest BCUT2D eigenvalue weighted by molar-refractivity contribution is -0.143. The average Bonchev–Trinajstić information content (AvgIpc) is 2.38. The minimum atomic E-state index is -0.622. The van der Waals surface area contributed by atoms with Gasteiger partial charge in [0.25, 0.3) is 0 Å². The quantitative estimate of drug-likeness (QED) is 0.772. The molecule has 1 unspecified atom stereocenters. The van der Waals surface area contributed by atoms with E-state index >= 15 is 0 Å². The van der Waals surface area contributed by atoms with Gasteiger partial charge in [-0.2, -0.15) is 0 Å². The summed E-state index contributed by atoms with van der Waals surface area (Å²) in [7, 11) is 0. The van der Waals surface area contributed by atoms with Crippen LogP contribution in [0.15, 0.2) is 24.3 Å². The SMILES string of the molecule is CCOC(=O)CC(NC(=O)[C@H](C)N)c1ccccc1C. The van der Waals surface area contributed by atoms with E-state index in [4.69, 9.17) is 10.5 Å². The van der Waals surface area contributed by atoms with Crippen LogP contribution in [0.4, 0.5) is 0 Å². The molecule has 5 heteroatoms. The van der Waals surface area contributed by atoms with Gasteiger partial charge in [0.2, 0.25) is 5.91 Å². The Morgan fingerprint density at radius 2 is 2.00 bits per heavy atom. The van der Waals surface area contributed by atoms with Crippen molar-refractivity contribution in [1.29, 1.82) is 0 Å². The summed E-state index contributed by atoms with van der Waals surface area (Å²) in [5.41, 5.74) is 7.47. The van der Waals surface area contributed by atoms with Crippen molar-refractivity contribution >= 4 is 11.9 Å². The van der Waals surface area contributed by atoms with Gasteiger partial charge in [0.15, 0.2) is 0 Å². The number of nitrogens with one attached hydrogen (secondary N) is 1. The third-order valence-corrected chi connectivity index (χ3v) is 2.97. The monoisotopic (exact) mass is 278 g/mol. The van der Waals surface area contributed by atoms with Crippen molar-refractivity contribution in [2.75, 3.05) is 6.61 Å². The molecular weight excluding hydrogens is 256 g/mol. The van der Waals surface area contributed by atoms with E-state index in [9.17, 15) is 9.59 Å². The number of amides is 1. The van der Waals surface area contributed by atoms with Crippen LogP contribution < -0.4 is 11.1 Å². The molecule has 0 fully saturated rings. The number of aryl methyl sites for hydroxylation is 1. The zero-order valence-electron chi connectivity index (χ0n) is 12.2. The number of hydrogen-bond acceptors (Lipinski definition) is 4. The molecule has 1 amide bonds. The first-order valence-corrected chi connectivity index (χ1v) is 6.72. The third-order valence-electron chi connectivity index (χ3n) is 2.97. The first-order chi connectivity index (χ1) is 9.45. The Kier molecular flexibility index (Phi) is 6.18. The fraction of sp³-hybridized carbons (Fsp3) is 0.467. The molecule has 1 aromatic rings. The second kappa shape index (κ2) is 7.65. The standard InChI is InChI=1S/C15H22N2O3/c1-4-20-14(18)9-13(17-15(19)11(3)16)12-8-6-5-7-10(12)2/h5-8,11,13H,4,9,16H2,1-3H3,(H,17,19)/t11-,13?/m0/s1. The first kappa shape index (κ1) is 16.2. The summed E-state index contributed by atoms with van der Waals surface area (Å²) in [6.07, 6.45) is 0.0944. The largest absolute Gasteiger partial charge is 0.466 e. The Morgan fingerprint density at radius 3 is 2.55 bits per heavy atom. The number of rotatable bonds is 6. The molecule has 0 aliphatic heterocycles. The molecule has 0 heterocycles. The Balaban J connectivity index is 2.92. The molecule has 0 aromatic heterocycles. The number of esters is 1. The maximum atomic E-state index is 11.8. The van der Waals surface area contributed by atoms with Gasteiger partial charge in [-0.1, -0.05) is 24.3 Å². The van der Waals surface area contributed by atoms with Crippen LogP contribution >= 0.6 is 0 Å². The van der Waals surface area contributed by atoms with Gasteiger partial charge in [0, 0.05) is 0 Å². The molecule has 3 N–H and O–H groups in total. The third kappa shape index (κ3) is 4.66. The highest BCUT2D eigenvalue weighted by atomic mass is 16.5. The maximum Gasteiger partial charge on any atom is 0.308 e. The topological polar surface area (TPSA) is 81.4 Å². The van der Waals surface area contributed by atoms with E-state index in [1.165, 1.54) is 0 Å². The fourth-order valence-corrected chi connectivity index (χ4v) is 1.91. The van der Waals surface area contributed by atoms with Crippen LogP contribution in [-0.4, -0.2) is 24.5 Å². The average molecular weight is 278 g/mol. The molecular formula is C15H22N2O3. The van der Waals surface area contributed by atoms with Crippen molar-refractivity contribution in [3.63, 3.8) is 0 Å². The van der Waals surface area contributed by atoms with Gasteiger partial charge in [-0.05, 0) is 31.9 Å². The summed E-state index contributed by atoms with van der Waals surface area (Å²) in [6, 6.07) is 6.57. The van der Waals surface area contributed by atoms with Gasteiger partial charge in [0.1, 0.15) is 0 Å². The predicted molar refractivity (Wildman–Crippen MR) is 77.0 cm³/mol. The summed E-state index contributed by atoms with van der Waals surface area (Å²) in [5.74, 6) is -0.631. The molecule has 0 aliphatic rings. The number of ether oxygens (including phenoxy) is 1. The maximum absolute atomic E-state index is 11.8. The lowest BCUT2D eigenvalue weighted by Crippen LogP contribution is -2.41. The summed E-state index contributed by atoms with van der Waals surface area (Å²) in [4.78, 5) is 23.5. The Morgan fingerprint density at radius 1 is 1.35 bits per heavy atom. The van der Waals surface area contributed by atoms with Gasteiger partial charge >= 0.3 is 5.97 Å². The molecule has 2 atom stereocenters. The number of hydrogen-bond donors (Lipinski definition) is 2. The fourth-order valence-electron chi connectivity index (χ4n) is 1.91. The molecule has 1 aromatic carbocycles. The van der Waals surface area contributed by atoms with E-state index in [0.717, 1.165) is 11.1 Å². The first-order valence-electron chi connectivity index (χ1n) is 6.72. The van der Waals surface area contributed by atoms with E-state index in [1.807, 2.05) is 31.2 Å². The van der Waals surface area contributed by atoms with Gasteiger partial charge in [0.05, 0.1) is 25.1 Å². The Bertz CT molecular complexity index is 472. The van der Waals surface area contributed by atoms with Gasteiger partial charge in [-0.3, -0.25) is 9.59 Å². The Labute approximate surface area is 119 Å². The van der Waals surface area contributed by atoms with Crippen LogP contribution in [0.5, 0.6) is 0 Å². The number of carbonyl (C=O) groups excluding carboxylic acids is 2. The van der Waals surface area contributed by atoms with Crippen molar-refractivity contribution < 1.29 is 14.3 Å². The zero-order chi connectivity index (χ0) is 15.1. The smallest absolute Gasteiger partial charge is 0.308 e. The highest BCUT2D eigenvalue weighted by Gasteiger charge is 2.21. The summed E-state index contributed by atoms with van der Waals surface area (Å²) >= 11 is 0. The minimum absolute atomic E-state index is 0.0944. The van der Waals surface area contributed by atoms with E-state index in [1.54, 1.807) is 13.8 Å². The van der Waals surface area contributed by atoms with E-state index in [2.05, 4.69) is 5.32 Å². The van der Waals surface area contributed by atoms with Crippen molar-refractivity contribution in [3.05, 3.63) is 35.4 Å². The summed E-state index contributed by atoms with van der Waals surface area (Å²) in [5, 5.41) is 2.80.